The van der Waals surface area contributed by atoms with Gasteiger partial charge in [0.2, 0.25) is 0 Å². The smallest absolute Gasteiger partial charge is 0.179 e. The highest BCUT2D eigenvalue weighted by atomic mass is 35.5. The summed E-state index contributed by atoms with van der Waals surface area (Å²) in [6, 6.07) is 2.09. The zero-order chi connectivity index (χ0) is 10.5. The average Bonchev–Trinajstić information content (AvgIpc) is 2.01. The zero-order valence-electron chi connectivity index (χ0n) is 8.80. The van der Waals surface area contributed by atoms with Crippen LogP contribution in [-0.4, -0.2) is 21.0 Å². The van der Waals surface area contributed by atoms with Crippen LogP contribution in [0.25, 0.3) is 0 Å². The quantitative estimate of drug-likeness (QED) is 0.538. The lowest BCUT2D eigenvalue weighted by Crippen LogP contribution is -2.31. The monoisotopic (exact) mass is 219 g/mol. The van der Waals surface area contributed by atoms with Crippen molar-refractivity contribution in [1.82, 2.24) is 0 Å². The summed E-state index contributed by atoms with van der Waals surface area (Å²) in [5.74, 6) is 0.418. The van der Waals surface area contributed by atoms with Crippen molar-refractivity contribution in [1.29, 1.82) is 5.26 Å². The first kappa shape index (κ1) is 13.0. The van der Waals surface area contributed by atoms with Crippen LogP contribution in [0, 0.1) is 11.3 Å². The van der Waals surface area contributed by atoms with Gasteiger partial charge >= 0.3 is 0 Å². The van der Waals surface area contributed by atoms with Crippen LogP contribution >= 0.6 is 11.6 Å². The Kier molecular flexibility index (Phi) is 5.62. The second-order valence-electron chi connectivity index (χ2n) is 4.28. The van der Waals surface area contributed by atoms with E-state index >= 15 is 0 Å². The van der Waals surface area contributed by atoms with Crippen LogP contribution in [0.4, 0.5) is 0 Å². The van der Waals surface area contributed by atoms with Crippen molar-refractivity contribution < 1.29 is 4.43 Å². The van der Waals surface area contributed by atoms with E-state index in [-0.39, 0.29) is 11.1 Å². The molecule has 0 aliphatic carbocycles. The van der Waals surface area contributed by atoms with Crippen LogP contribution in [0.1, 0.15) is 27.2 Å². The van der Waals surface area contributed by atoms with E-state index in [0.717, 1.165) is 0 Å². The van der Waals surface area contributed by atoms with E-state index in [2.05, 4.69) is 33.4 Å². The summed E-state index contributed by atoms with van der Waals surface area (Å²) in [6.45, 7) is 8.65. The van der Waals surface area contributed by atoms with Gasteiger partial charge in [-0.05, 0) is 11.6 Å². The molecule has 0 saturated carbocycles. The summed E-state index contributed by atoms with van der Waals surface area (Å²) in [6.07, 6.45) is 0.323. The van der Waals surface area contributed by atoms with E-state index in [1.54, 1.807) is 0 Å². The zero-order valence-corrected chi connectivity index (χ0v) is 10.7. The third kappa shape index (κ3) is 5.30. The van der Waals surface area contributed by atoms with E-state index in [4.69, 9.17) is 21.3 Å². The molecule has 0 radical (unpaired) electrons. The fourth-order valence-corrected chi connectivity index (χ4v) is 2.22. The van der Waals surface area contributed by atoms with E-state index < -0.39 is 9.04 Å². The predicted octanol–water partition coefficient (Wildman–Crippen LogP) is 2.68. The first-order chi connectivity index (χ1) is 5.91. The van der Waals surface area contributed by atoms with Gasteiger partial charge in [-0.25, -0.2) is 0 Å². The van der Waals surface area contributed by atoms with Crippen LogP contribution in [0.15, 0.2) is 0 Å². The topological polar surface area (TPSA) is 33.0 Å². The average molecular weight is 220 g/mol. The molecule has 0 aromatic carbocycles. The number of alkyl halides is 1. The lowest BCUT2D eigenvalue weighted by molar-refractivity contribution is 0.221. The molecule has 0 rings (SSSR count). The second-order valence-corrected chi connectivity index (χ2v) is 7.88. The molecule has 0 bridgehead atoms. The summed E-state index contributed by atoms with van der Waals surface area (Å²) in [5, 5.41) is 8.75. The molecule has 76 valence electrons. The molecule has 0 amide bonds. The lowest BCUT2D eigenvalue weighted by atomic mass is 10.3. The maximum Gasteiger partial charge on any atom is 0.179 e. The van der Waals surface area contributed by atoms with Crippen molar-refractivity contribution in [3.05, 3.63) is 0 Å². The molecular formula is C9H18ClNOSi. The van der Waals surface area contributed by atoms with Crippen LogP contribution in [0.3, 0.4) is 0 Å². The van der Waals surface area contributed by atoms with Gasteiger partial charge in [0.05, 0.1) is 18.6 Å². The number of hydrogen-bond acceptors (Lipinski definition) is 2. The Bertz CT molecular complexity index is 185. The molecule has 0 N–H and O–H groups in total. The Morgan fingerprint density at radius 3 is 2.38 bits per heavy atom. The van der Waals surface area contributed by atoms with Gasteiger partial charge in [-0.15, -0.1) is 11.6 Å². The second kappa shape index (κ2) is 5.64. The summed E-state index contributed by atoms with van der Waals surface area (Å²) >= 11 is 5.69. The maximum atomic E-state index is 8.51. The first-order valence-electron chi connectivity index (χ1n) is 4.50. The molecule has 0 heterocycles. The number of nitriles is 1. The Hall–Kier alpha value is -0.0431. The number of nitrogens with zero attached hydrogens (tertiary/aromatic N) is 1. The van der Waals surface area contributed by atoms with Crippen molar-refractivity contribution in [2.24, 2.45) is 0 Å². The fraction of sp³-hybridized carbons (Fsp3) is 0.889. The van der Waals surface area contributed by atoms with E-state index in [1.165, 1.54) is 0 Å². The molecule has 0 aromatic rings. The Morgan fingerprint density at radius 2 is 2.08 bits per heavy atom. The minimum absolute atomic E-state index is 0.0763. The van der Waals surface area contributed by atoms with Crippen molar-refractivity contribution in [3.63, 3.8) is 0 Å². The van der Waals surface area contributed by atoms with Gasteiger partial charge in [-0.3, -0.25) is 0 Å². The Morgan fingerprint density at radius 1 is 1.54 bits per heavy atom. The van der Waals surface area contributed by atoms with Gasteiger partial charge in [0.15, 0.2) is 9.04 Å². The molecule has 0 saturated heterocycles. The first-order valence-corrected chi connectivity index (χ1v) is 7.24. The van der Waals surface area contributed by atoms with Crippen molar-refractivity contribution >= 4 is 20.6 Å². The number of rotatable bonds is 4. The molecule has 0 fully saturated rings. The lowest BCUT2D eigenvalue weighted by Gasteiger charge is -2.28. The van der Waals surface area contributed by atoms with E-state index in [9.17, 15) is 0 Å². The van der Waals surface area contributed by atoms with Crippen molar-refractivity contribution in [3.8, 4) is 6.07 Å². The van der Waals surface area contributed by atoms with Crippen LogP contribution in [-0.2, 0) is 4.43 Å². The molecule has 0 aromatic heterocycles. The minimum Gasteiger partial charge on any atom is -0.415 e. The molecule has 0 spiro atoms. The Labute approximate surface area is 87.6 Å². The van der Waals surface area contributed by atoms with Crippen molar-refractivity contribution in [2.75, 3.05) is 5.88 Å². The van der Waals surface area contributed by atoms with Gasteiger partial charge in [-0.2, -0.15) is 5.26 Å². The summed E-state index contributed by atoms with van der Waals surface area (Å²) < 4.78 is 5.79. The van der Waals surface area contributed by atoms with Gasteiger partial charge in [0.1, 0.15) is 0 Å². The highest BCUT2D eigenvalue weighted by Gasteiger charge is 2.25. The predicted molar refractivity (Wildman–Crippen MR) is 58.6 cm³/mol. The highest BCUT2D eigenvalue weighted by Crippen LogP contribution is 2.28. The van der Waals surface area contributed by atoms with E-state index in [1.807, 2.05) is 0 Å². The van der Waals surface area contributed by atoms with Gasteiger partial charge in [0.25, 0.3) is 0 Å². The Balaban J connectivity index is 4.02. The number of hydrogen-bond donors (Lipinski definition) is 0. The SMILES string of the molecule is C[SiH](O[C@@H](CCl)CC#N)C(C)(C)C. The molecule has 2 nitrogen and oxygen atoms in total. The minimum atomic E-state index is -1.23. The van der Waals surface area contributed by atoms with Gasteiger partial charge < -0.3 is 4.43 Å². The normalized spacial score (nSPS) is 16.3. The summed E-state index contributed by atoms with van der Waals surface area (Å²) in [5.41, 5.74) is 0. The fourth-order valence-electron chi connectivity index (χ4n) is 0.734. The molecule has 2 atom stereocenters. The maximum absolute atomic E-state index is 8.51. The van der Waals surface area contributed by atoms with Crippen molar-refractivity contribution in [2.45, 2.75) is 44.9 Å². The van der Waals surface area contributed by atoms with E-state index in [0.29, 0.717) is 12.3 Å². The van der Waals surface area contributed by atoms with Gasteiger partial charge in [-0.1, -0.05) is 20.8 Å². The van der Waals surface area contributed by atoms with Crippen LogP contribution < -0.4 is 0 Å². The van der Waals surface area contributed by atoms with Gasteiger partial charge in [0, 0.05) is 5.88 Å². The summed E-state index contributed by atoms with van der Waals surface area (Å²) in [7, 11) is -1.23. The van der Waals surface area contributed by atoms with Crippen LogP contribution in [0.5, 0.6) is 0 Å². The standard InChI is InChI=1S/C9H18ClNOSi/c1-9(2,3)13(4)12-8(7-10)5-6-11/h8,13H,5,7H2,1-4H3/t8-,13?/m1/s1. The number of halogens is 1. The molecule has 13 heavy (non-hydrogen) atoms. The molecule has 4 heteroatoms. The third-order valence-electron chi connectivity index (χ3n) is 2.11. The van der Waals surface area contributed by atoms with Crippen LogP contribution in [0.2, 0.25) is 11.6 Å². The third-order valence-corrected chi connectivity index (χ3v) is 5.68. The molecule has 0 aliphatic heterocycles. The highest BCUT2D eigenvalue weighted by molar-refractivity contribution is 6.53. The summed E-state index contributed by atoms with van der Waals surface area (Å²) in [4.78, 5) is 0. The molecular weight excluding hydrogens is 202 g/mol. The largest absolute Gasteiger partial charge is 0.415 e. The molecule has 1 unspecified atom stereocenters. The molecule has 0 aliphatic rings.